The largest absolute Gasteiger partial charge is 0.399 e. The Bertz CT molecular complexity index is 720. The van der Waals surface area contributed by atoms with Gasteiger partial charge in [-0.1, -0.05) is 13.8 Å². The molecule has 2 rings (SSSR count). The zero-order chi connectivity index (χ0) is 15.0. The lowest BCUT2D eigenvalue weighted by molar-refractivity contribution is 0.163. The summed E-state index contributed by atoms with van der Waals surface area (Å²) >= 11 is 0. The van der Waals surface area contributed by atoms with Crippen LogP contribution in [-0.4, -0.2) is 31.7 Å². The smallest absolute Gasteiger partial charge is 0.242 e. The van der Waals surface area contributed by atoms with Crippen LogP contribution >= 0.6 is 0 Å². The molecule has 0 radical (unpaired) electrons. The highest BCUT2D eigenvalue weighted by atomic mass is 32.2. The van der Waals surface area contributed by atoms with E-state index in [1.165, 1.54) is 6.20 Å². The van der Waals surface area contributed by atoms with Crippen molar-refractivity contribution >= 4 is 26.6 Å². The van der Waals surface area contributed by atoms with Crippen LogP contribution < -0.4 is 10.5 Å². The SMILES string of the molecule is CC(C)(CO)CNS(=O)(=O)c1c[nH]c2ccc(N)cc12. The highest BCUT2D eigenvalue weighted by molar-refractivity contribution is 7.89. The topological polar surface area (TPSA) is 108 Å². The van der Waals surface area contributed by atoms with Gasteiger partial charge in [0.1, 0.15) is 4.90 Å². The minimum Gasteiger partial charge on any atom is -0.399 e. The van der Waals surface area contributed by atoms with Crippen molar-refractivity contribution in [3.05, 3.63) is 24.4 Å². The molecule has 0 aliphatic heterocycles. The van der Waals surface area contributed by atoms with Gasteiger partial charge in [-0.15, -0.1) is 0 Å². The zero-order valence-electron chi connectivity index (χ0n) is 11.5. The molecule has 0 atom stereocenters. The lowest BCUT2D eigenvalue weighted by atomic mass is 9.96. The van der Waals surface area contributed by atoms with Crippen molar-refractivity contribution in [3.8, 4) is 0 Å². The third-order valence-electron chi connectivity index (χ3n) is 3.13. The molecule has 0 fully saturated rings. The van der Waals surface area contributed by atoms with E-state index < -0.39 is 15.4 Å². The van der Waals surface area contributed by atoms with Crippen LogP contribution in [0.15, 0.2) is 29.3 Å². The number of aromatic nitrogens is 1. The Balaban J connectivity index is 2.35. The van der Waals surface area contributed by atoms with E-state index in [-0.39, 0.29) is 18.0 Å². The van der Waals surface area contributed by atoms with Gasteiger partial charge in [0, 0.05) is 41.4 Å². The summed E-state index contributed by atoms with van der Waals surface area (Å²) in [7, 11) is -3.65. The summed E-state index contributed by atoms with van der Waals surface area (Å²) in [5.41, 5.74) is 6.40. The van der Waals surface area contributed by atoms with Gasteiger partial charge in [0.05, 0.1) is 0 Å². The fraction of sp³-hybridized carbons (Fsp3) is 0.385. The quantitative estimate of drug-likeness (QED) is 0.618. The van der Waals surface area contributed by atoms with Crippen molar-refractivity contribution in [1.82, 2.24) is 9.71 Å². The van der Waals surface area contributed by atoms with Crippen LogP contribution in [0.3, 0.4) is 0 Å². The molecule has 0 unspecified atom stereocenters. The Morgan fingerprint density at radius 3 is 2.75 bits per heavy atom. The van der Waals surface area contributed by atoms with E-state index in [0.717, 1.165) is 0 Å². The number of aliphatic hydroxyl groups is 1. The molecule has 0 spiro atoms. The Hall–Kier alpha value is -1.57. The fourth-order valence-electron chi connectivity index (χ4n) is 1.76. The van der Waals surface area contributed by atoms with Crippen LogP contribution in [-0.2, 0) is 10.0 Å². The van der Waals surface area contributed by atoms with Crippen molar-refractivity contribution in [2.24, 2.45) is 5.41 Å². The summed E-state index contributed by atoms with van der Waals surface area (Å²) in [6, 6.07) is 5.07. The number of fused-ring (bicyclic) bond motifs is 1. The number of nitrogens with two attached hydrogens (primary N) is 1. The molecular weight excluding hydrogens is 278 g/mol. The van der Waals surface area contributed by atoms with Gasteiger partial charge in [-0.05, 0) is 18.2 Å². The van der Waals surface area contributed by atoms with Gasteiger partial charge in [-0.2, -0.15) is 0 Å². The third-order valence-corrected chi connectivity index (χ3v) is 4.57. The Morgan fingerprint density at radius 1 is 1.40 bits per heavy atom. The average Bonchev–Trinajstić information content (AvgIpc) is 2.80. The maximum Gasteiger partial charge on any atom is 0.242 e. The zero-order valence-corrected chi connectivity index (χ0v) is 12.3. The monoisotopic (exact) mass is 297 g/mol. The van der Waals surface area contributed by atoms with E-state index in [4.69, 9.17) is 5.73 Å². The molecule has 110 valence electrons. The molecule has 20 heavy (non-hydrogen) atoms. The van der Waals surface area contributed by atoms with Gasteiger partial charge in [-0.3, -0.25) is 0 Å². The summed E-state index contributed by atoms with van der Waals surface area (Å²) < 4.78 is 27.2. The number of anilines is 1. The van der Waals surface area contributed by atoms with E-state index in [2.05, 4.69) is 9.71 Å². The molecule has 0 aliphatic carbocycles. The highest BCUT2D eigenvalue weighted by Gasteiger charge is 2.23. The van der Waals surface area contributed by atoms with E-state index in [1.807, 2.05) is 0 Å². The number of benzene rings is 1. The molecule has 1 aromatic carbocycles. The summed E-state index contributed by atoms with van der Waals surface area (Å²) in [4.78, 5) is 3.07. The number of H-pyrrole nitrogens is 1. The molecule has 5 N–H and O–H groups in total. The molecule has 0 saturated carbocycles. The molecule has 0 bridgehead atoms. The second-order valence-electron chi connectivity index (χ2n) is 5.60. The maximum absolute atomic E-state index is 12.3. The van der Waals surface area contributed by atoms with Crippen LogP contribution in [0.5, 0.6) is 0 Å². The molecule has 0 saturated heterocycles. The van der Waals surface area contributed by atoms with Crippen molar-refractivity contribution in [1.29, 1.82) is 0 Å². The van der Waals surface area contributed by atoms with Crippen LogP contribution in [0, 0.1) is 5.41 Å². The summed E-state index contributed by atoms with van der Waals surface area (Å²) in [5, 5.41) is 9.73. The highest BCUT2D eigenvalue weighted by Crippen LogP contribution is 2.25. The number of nitrogens with one attached hydrogen (secondary N) is 2. The predicted molar refractivity (Wildman–Crippen MR) is 78.8 cm³/mol. The predicted octanol–water partition coefficient (Wildman–Crippen LogP) is 1.05. The first kappa shape index (κ1) is 14.8. The first-order chi connectivity index (χ1) is 9.25. The lowest BCUT2D eigenvalue weighted by Crippen LogP contribution is -2.36. The first-order valence-corrected chi connectivity index (χ1v) is 7.71. The van der Waals surface area contributed by atoms with Gasteiger partial charge in [-0.25, -0.2) is 13.1 Å². The van der Waals surface area contributed by atoms with E-state index in [1.54, 1.807) is 32.0 Å². The maximum atomic E-state index is 12.3. The molecular formula is C13H19N3O3S. The summed E-state index contributed by atoms with van der Waals surface area (Å²) in [6.45, 7) is 3.61. The molecule has 1 aromatic heterocycles. The van der Waals surface area contributed by atoms with E-state index in [9.17, 15) is 13.5 Å². The van der Waals surface area contributed by atoms with Crippen molar-refractivity contribution in [2.75, 3.05) is 18.9 Å². The number of nitrogen functional groups attached to an aromatic ring is 1. The molecule has 0 aliphatic rings. The number of rotatable bonds is 5. The summed E-state index contributed by atoms with van der Waals surface area (Å²) in [5.74, 6) is 0. The van der Waals surface area contributed by atoms with Gasteiger partial charge in [0.2, 0.25) is 10.0 Å². The minimum absolute atomic E-state index is 0.101. The minimum atomic E-state index is -3.65. The van der Waals surface area contributed by atoms with Crippen molar-refractivity contribution in [2.45, 2.75) is 18.7 Å². The van der Waals surface area contributed by atoms with E-state index in [0.29, 0.717) is 16.6 Å². The van der Waals surface area contributed by atoms with Gasteiger partial charge >= 0.3 is 0 Å². The number of hydrogen-bond acceptors (Lipinski definition) is 4. The normalized spacial score (nSPS) is 12.9. The second-order valence-corrected chi connectivity index (χ2v) is 7.34. The number of aromatic amines is 1. The molecule has 0 amide bonds. The second kappa shape index (κ2) is 5.08. The fourth-order valence-corrected chi connectivity index (χ4v) is 3.17. The molecule has 1 heterocycles. The van der Waals surface area contributed by atoms with Crippen molar-refractivity contribution in [3.63, 3.8) is 0 Å². The van der Waals surface area contributed by atoms with Gasteiger partial charge < -0.3 is 15.8 Å². The van der Waals surface area contributed by atoms with Crippen LogP contribution in [0.25, 0.3) is 10.9 Å². The van der Waals surface area contributed by atoms with Crippen LogP contribution in [0.4, 0.5) is 5.69 Å². The third kappa shape index (κ3) is 2.95. The van der Waals surface area contributed by atoms with E-state index >= 15 is 0 Å². The number of aliphatic hydroxyl groups excluding tert-OH is 1. The van der Waals surface area contributed by atoms with Gasteiger partial charge in [0.15, 0.2) is 0 Å². The van der Waals surface area contributed by atoms with Crippen molar-refractivity contribution < 1.29 is 13.5 Å². The standard InChI is InChI=1S/C13H19N3O3S/c1-13(2,8-17)7-16-20(18,19)12-6-15-11-4-3-9(14)5-10(11)12/h3-6,15-17H,7-8,14H2,1-2H3. The lowest BCUT2D eigenvalue weighted by Gasteiger charge is -2.21. The number of hydrogen-bond donors (Lipinski definition) is 4. The Morgan fingerprint density at radius 2 is 2.10 bits per heavy atom. The van der Waals surface area contributed by atoms with Crippen LogP contribution in [0.2, 0.25) is 0 Å². The molecule has 7 heteroatoms. The Kier molecular flexibility index (Phi) is 3.77. The van der Waals surface area contributed by atoms with Crippen LogP contribution in [0.1, 0.15) is 13.8 Å². The first-order valence-electron chi connectivity index (χ1n) is 6.22. The summed E-state index contributed by atoms with van der Waals surface area (Å²) in [6.07, 6.45) is 1.44. The molecule has 2 aromatic rings. The average molecular weight is 297 g/mol. The number of sulfonamides is 1. The molecule has 6 nitrogen and oxygen atoms in total. The van der Waals surface area contributed by atoms with Gasteiger partial charge in [0.25, 0.3) is 0 Å². The Labute approximate surface area is 118 Å².